The molecule has 1 rings (SSSR count). The normalized spacial score (nSPS) is 33.4. The van der Waals surface area contributed by atoms with Crippen LogP contribution in [0.3, 0.4) is 0 Å². The second-order valence-corrected chi connectivity index (χ2v) is 6.59. The van der Waals surface area contributed by atoms with Crippen LogP contribution in [0, 0.1) is 17.8 Å². The van der Waals surface area contributed by atoms with Crippen LogP contribution in [0.5, 0.6) is 0 Å². The molecule has 1 saturated carbocycles. The van der Waals surface area contributed by atoms with E-state index in [4.69, 9.17) is 4.74 Å². The molecule has 0 spiro atoms. The lowest BCUT2D eigenvalue weighted by Crippen LogP contribution is -2.39. The first kappa shape index (κ1) is 13.0. The zero-order valence-corrected chi connectivity index (χ0v) is 11.3. The Labute approximate surface area is 95.6 Å². The van der Waals surface area contributed by atoms with Crippen LogP contribution >= 0.6 is 0 Å². The van der Waals surface area contributed by atoms with E-state index in [0.29, 0.717) is 6.10 Å². The second-order valence-electron chi connectivity index (χ2n) is 6.59. The highest BCUT2D eigenvalue weighted by atomic mass is 16.5. The minimum Gasteiger partial charge on any atom is -0.372 e. The molecule has 0 N–H and O–H groups in total. The van der Waals surface area contributed by atoms with Gasteiger partial charge in [0.15, 0.2) is 0 Å². The minimum absolute atomic E-state index is 0.00880. The van der Waals surface area contributed by atoms with E-state index >= 15 is 0 Å². The molecule has 0 aromatic carbocycles. The standard InChI is InChI=1S/C14H28O/c1-10(2)12-8-7-11(3)9-13(12)15-14(4,5)6/h10-13H,7-9H2,1-6H3/t11-,12+,13-/m1/s1. The maximum atomic E-state index is 6.22. The lowest BCUT2D eigenvalue weighted by molar-refractivity contribution is -0.114. The van der Waals surface area contributed by atoms with E-state index in [1.165, 1.54) is 19.3 Å². The number of hydrogen-bond acceptors (Lipinski definition) is 1. The highest BCUT2D eigenvalue weighted by molar-refractivity contribution is 4.83. The van der Waals surface area contributed by atoms with E-state index < -0.39 is 0 Å². The Bertz CT molecular complexity index is 190. The Morgan fingerprint density at radius 3 is 2.20 bits per heavy atom. The summed E-state index contributed by atoms with van der Waals surface area (Å²) < 4.78 is 6.22. The Morgan fingerprint density at radius 2 is 1.73 bits per heavy atom. The van der Waals surface area contributed by atoms with Crippen molar-refractivity contribution in [2.45, 2.75) is 72.5 Å². The van der Waals surface area contributed by atoms with Gasteiger partial charge in [-0.3, -0.25) is 0 Å². The Morgan fingerprint density at radius 1 is 1.13 bits per heavy atom. The molecular formula is C14H28O. The van der Waals surface area contributed by atoms with Crippen molar-refractivity contribution in [2.24, 2.45) is 17.8 Å². The Hall–Kier alpha value is -0.0400. The van der Waals surface area contributed by atoms with Crippen LogP contribution in [0.1, 0.15) is 60.8 Å². The van der Waals surface area contributed by atoms with E-state index in [0.717, 1.165) is 17.8 Å². The van der Waals surface area contributed by atoms with Crippen molar-refractivity contribution in [1.29, 1.82) is 0 Å². The van der Waals surface area contributed by atoms with Gasteiger partial charge in [-0.2, -0.15) is 0 Å². The molecule has 1 nitrogen and oxygen atoms in total. The smallest absolute Gasteiger partial charge is 0.0615 e. The van der Waals surface area contributed by atoms with Crippen molar-refractivity contribution in [3.05, 3.63) is 0 Å². The summed E-state index contributed by atoms with van der Waals surface area (Å²) in [7, 11) is 0. The lowest BCUT2D eigenvalue weighted by Gasteiger charge is -2.40. The molecule has 0 unspecified atom stereocenters. The average Bonchev–Trinajstić information content (AvgIpc) is 1.99. The van der Waals surface area contributed by atoms with Crippen molar-refractivity contribution >= 4 is 0 Å². The molecule has 0 amide bonds. The molecular weight excluding hydrogens is 184 g/mol. The molecule has 1 heteroatoms. The molecule has 0 bridgehead atoms. The molecule has 90 valence electrons. The van der Waals surface area contributed by atoms with Crippen molar-refractivity contribution < 1.29 is 4.74 Å². The summed E-state index contributed by atoms with van der Waals surface area (Å²) in [5, 5.41) is 0. The fraction of sp³-hybridized carbons (Fsp3) is 1.00. The van der Waals surface area contributed by atoms with Crippen LogP contribution in [0.15, 0.2) is 0 Å². The summed E-state index contributed by atoms with van der Waals surface area (Å²) >= 11 is 0. The van der Waals surface area contributed by atoms with Gasteiger partial charge in [-0.25, -0.2) is 0 Å². The van der Waals surface area contributed by atoms with Crippen LogP contribution in [0.2, 0.25) is 0 Å². The highest BCUT2D eigenvalue weighted by Gasteiger charge is 2.33. The van der Waals surface area contributed by atoms with Gasteiger partial charge in [0.05, 0.1) is 11.7 Å². The summed E-state index contributed by atoms with van der Waals surface area (Å²) in [6.45, 7) is 13.5. The number of ether oxygens (including phenoxy) is 1. The third-order valence-electron chi connectivity index (χ3n) is 3.47. The lowest BCUT2D eigenvalue weighted by atomic mass is 9.75. The summed E-state index contributed by atoms with van der Waals surface area (Å²) in [5.41, 5.74) is 0.00880. The van der Waals surface area contributed by atoms with Crippen molar-refractivity contribution in [1.82, 2.24) is 0 Å². The van der Waals surface area contributed by atoms with Crippen LogP contribution < -0.4 is 0 Å². The van der Waals surface area contributed by atoms with E-state index in [1.807, 2.05) is 0 Å². The van der Waals surface area contributed by atoms with Gasteiger partial charge < -0.3 is 4.74 Å². The average molecular weight is 212 g/mol. The van der Waals surface area contributed by atoms with Crippen molar-refractivity contribution in [3.63, 3.8) is 0 Å². The van der Waals surface area contributed by atoms with E-state index in [1.54, 1.807) is 0 Å². The van der Waals surface area contributed by atoms with Crippen LogP contribution in [-0.4, -0.2) is 11.7 Å². The van der Waals surface area contributed by atoms with E-state index in [-0.39, 0.29) is 5.60 Å². The summed E-state index contributed by atoms with van der Waals surface area (Å²) in [6.07, 6.45) is 4.46. The Balaban J connectivity index is 2.62. The van der Waals surface area contributed by atoms with Gasteiger partial charge in [-0.1, -0.05) is 27.2 Å². The van der Waals surface area contributed by atoms with E-state index in [9.17, 15) is 0 Å². The van der Waals surface area contributed by atoms with Gasteiger partial charge in [0, 0.05) is 0 Å². The quantitative estimate of drug-likeness (QED) is 0.664. The zero-order valence-electron chi connectivity index (χ0n) is 11.3. The second kappa shape index (κ2) is 4.86. The minimum atomic E-state index is 0.00880. The van der Waals surface area contributed by atoms with E-state index in [2.05, 4.69) is 41.5 Å². The molecule has 1 fully saturated rings. The molecule has 0 aliphatic heterocycles. The topological polar surface area (TPSA) is 9.23 Å². The van der Waals surface area contributed by atoms with Crippen LogP contribution in [-0.2, 0) is 4.74 Å². The van der Waals surface area contributed by atoms with Crippen LogP contribution in [0.25, 0.3) is 0 Å². The summed E-state index contributed by atoms with van der Waals surface area (Å²) in [6, 6.07) is 0. The molecule has 3 atom stereocenters. The first-order chi connectivity index (χ1) is 6.79. The monoisotopic (exact) mass is 212 g/mol. The molecule has 0 saturated heterocycles. The maximum absolute atomic E-state index is 6.22. The molecule has 0 heterocycles. The van der Waals surface area contributed by atoms with Gasteiger partial charge in [-0.15, -0.1) is 0 Å². The molecule has 1 aliphatic rings. The maximum Gasteiger partial charge on any atom is 0.0615 e. The largest absolute Gasteiger partial charge is 0.372 e. The number of hydrogen-bond donors (Lipinski definition) is 0. The molecule has 15 heavy (non-hydrogen) atoms. The van der Waals surface area contributed by atoms with Crippen molar-refractivity contribution in [3.8, 4) is 0 Å². The molecule has 0 aromatic heterocycles. The van der Waals surface area contributed by atoms with Crippen LogP contribution in [0.4, 0.5) is 0 Å². The predicted octanol–water partition coefficient (Wildman–Crippen LogP) is 4.26. The highest BCUT2D eigenvalue weighted by Crippen LogP contribution is 2.36. The molecule has 0 aromatic rings. The Kier molecular flexibility index (Phi) is 4.22. The summed E-state index contributed by atoms with van der Waals surface area (Å²) in [4.78, 5) is 0. The fourth-order valence-electron chi connectivity index (χ4n) is 2.70. The fourth-order valence-corrected chi connectivity index (χ4v) is 2.70. The third-order valence-corrected chi connectivity index (χ3v) is 3.47. The van der Waals surface area contributed by atoms with Gasteiger partial charge in [-0.05, 0) is 51.4 Å². The molecule has 0 radical (unpaired) electrons. The van der Waals surface area contributed by atoms with Gasteiger partial charge >= 0.3 is 0 Å². The predicted molar refractivity (Wildman–Crippen MR) is 66.0 cm³/mol. The van der Waals surface area contributed by atoms with Gasteiger partial charge in [0.1, 0.15) is 0 Å². The SMILES string of the molecule is CC(C)[C@@H]1CC[C@@H](C)C[C@H]1OC(C)(C)C. The van der Waals surface area contributed by atoms with Gasteiger partial charge in [0.2, 0.25) is 0 Å². The van der Waals surface area contributed by atoms with Crippen molar-refractivity contribution in [2.75, 3.05) is 0 Å². The zero-order chi connectivity index (χ0) is 11.6. The molecule has 1 aliphatic carbocycles. The van der Waals surface area contributed by atoms with Gasteiger partial charge in [0.25, 0.3) is 0 Å². The summed E-state index contributed by atoms with van der Waals surface area (Å²) in [5.74, 6) is 2.36. The number of rotatable bonds is 2. The third kappa shape index (κ3) is 4.14. The first-order valence-corrected chi connectivity index (χ1v) is 6.47. The first-order valence-electron chi connectivity index (χ1n) is 6.47.